The van der Waals surface area contributed by atoms with E-state index in [1.54, 1.807) is 18.2 Å². The van der Waals surface area contributed by atoms with Crippen LogP contribution in [-0.4, -0.2) is 23.1 Å². The number of carbonyl (C=O) groups excluding carboxylic acids is 1. The highest BCUT2D eigenvalue weighted by Gasteiger charge is 2.13. The minimum absolute atomic E-state index is 0.0273. The summed E-state index contributed by atoms with van der Waals surface area (Å²) in [5, 5.41) is 11.5. The average Bonchev–Trinajstić information content (AvgIpc) is 2.45. The molecular weight excluding hydrogens is 270 g/mol. The number of carboxylic acid groups (broad SMARTS) is 1. The van der Waals surface area contributed by atoms with Gasteiger partial charge in [0.05, 0.1) is 6.10 Å². The fourth-order valence-electron chi connectivity index (χ4n) is 1.52. The molecule has 5 nitrogen and oxygen atoms in total. The van der Waals surface area contributed by atoms with Gasteiger partial charge in [0, 0.05) is 22.9 Å². The molecular formula is C16H21NO4. The molecule has 0 bridgehead atoms. The summed E-state index contributed by atoms with van der Waals surface area (Å²) in [5.41, 5.74) is 0.772. The summed E-state index contributed by atoms with van der Waals surface area (Å²) in [6, 6.07) is 7.03. The van der Waals surface area contributed by atoms with Crippen LogP contribution in [0.2, 0.25) is 0 Å². The van der Waals surface area contributed by atoms with Crippen LogP contribution in [0, 0.1) is 0 Å². The van der Waals surface area contributed by atoms with Crippen molar-refractivity contribution in [2.75, 3.05) is 5.32 Å². The highest BCUT2D eigenvalue weighted by atomic mass is 16.5. The third-order valence-electron chi connectivity index (χ3n) is 3.23. The van der Waals surface area contributed by atoms with E-state index in [0.717, 1.165) is 6.42 Å². The maximum Gasteiger partial charge on any atom is 0.331 e. The SMILES string of the molecule is CCC(C)Oc1cccc(NC(=O)C(C)=C(C)C(=O)O)c1. The lowest BCUT2D eigenvalue weighted by Crippen LogP contribution is -2.16. The molecule has 0 saturated heterocycles. The minimum atomic E-state index is -1.10. The number of hydrogen-bond donors (Lipinski definition) is 2. The van der Waals surface area contributed by atoms with E-state index >= 15 is 0 Å². The molecule has 0 aliphatic heterocycles. The van der Waals surface area contributed by atoms with Crippen molar-refractivity contribution in [2.45, 2.75) is 40.2 Å². The first-order chi connectivity index (χ1) is 9.85. The van der Waals surface area contributed by atoms with Crippen LogP contribution >= 0.6 is 0 Å². The molecule has 0 radical (unpaired) electrons. The van der Waals surface area contributed by atoms with E-state index in [1.807, 2.05) is 19.9 Å². The maximum atomic E-state index is 12.0. The van der Waals surface area contributed by atoms with Gasteiger partial charge in [-0.3, -0.25) is 4.79 Å². The first-order valence-corrected chi connectivity index (χ1v) is 6.84. The van der Waals surface area contributed by atoms with Crippen LogP contribution < -0.4 is 10.1 Å². The van der Waals surface area contributed by atoms with Crippen LogP contribution in [0.15, 0.2) is 35.4 Å². The van der Waals surface area contributed by atoms with Crippen molar-refractivity contribution >= 4 is 17.6 Å². The number of benzene rings is 1. The lowest BCUT2D eigenvalue weighted by atomic mass is 10.1. The number of aliphatic carboxylic acids is 1. The number of rotatable bonds is 6. The summed E-state index contributed by atoms with van der Waals surface area (Å²) in [6.07, 6.45) is 0.975. The summed E-state index contributed by atoms with van der Waals surface area (Å²) in [4.78, 5) is 22.8. The average molecular weight is 291 g/mol. The number of nitrogens with one attached hydrogen (secondary N) is 1. The third kappa shape index (κ3) is 4.95. The summed E-state index contributed by atoms with van der Waals surface area (Å²) in [6.45, 7) is 6.88. The molecule has 0 saturated carbocycles. The van der Waals surface area contributed by atoms with Gasteiger partial charge in [-0.1, -0.05) is 13.0 Å². The van der Waals surface area contributed by atoms with Gasteiger partial charge in [-0.05, 0) is 39.3 Å². The monoisotopic (exact) mass is 291 g/mol. The molecule has 5 heteroatoms. The first kappa shape index (κ1) is 16.8. The molecule has 21 heavy (non-hydrogen) atoms. The Balaban J connectivity index is 2.84. The highest BCUT2D eigenvalue weighted by Crippen LogP contribution is 2.20. The maximum absolute atomic E-state index is 12.0. The van der Waals surface area contributed by atoms with Crippen molar-refractivity contribution < 1.29 is 19.4 Å². The van der Waals surface area contributed by atoms with Crippen LogP contribution in [0.5, 0.6) is 5.75 Å². The Morgan fingerprint density at radius 1 is 1.29 bits per heavy atom. The molecule has 0 aromatic heterocycles. The molecule has 0 heterocycles. The normalized spacial score (nSPS) is 13.1. The summed E-state index contributed by atoms with van der Waals surface area (Å²) in [7, 11) is 0. The van der Waals surface area contributed by atoms with Crippen molar-refractivity contribution in [3.63, 3.8) is 0 Å². The molecule has 1 aromatic carbocycles. The Bertz CT molecular complexity index is 563. The zero-order chi connectivity index (χ0) is 16.0. The molecule has 1 atom stereocenters. The van der Waals surface area contributed by atoms with E-state index in [-0.39, 0.29) is 17.3 Å². The molecule has 114 valence electrons. The molecule has 1 rings (SSSR count). The molecule has 0 aliphatic rings. The number of carbonyl (C=O) groups is 2. The minimum Gasteiger partial charge on any atom is -0.491 e. The molecule has 0 aliphatic carbocycles. The molecule has 1 amide bonds. The zero-order valence-electron chi connectivity index (χ0n) is 12.8. The van der Waals surface area contributed by atoms with E-state index in [0.29, 0.717) is 11.4 Å². The second-order valence-electron chi connectivity index (χ2n) is 4.87. The van der Waals surface area contributed by atoms with Gasteiger partial charge in [0.1, 0.15) is 5.75 Å². The first-order valence-electron chi connectivity index (χ1n) is 6.84. The number of ether oxygens (including phenoxy) is 1. The second kappa shape index (κ2) is 7.47. The summed E-state index contributed by atoms with van der Waals surface area (Å²) >= 11 is 0. The van der Waals surface area contributed by atoms with Gasteiger partial charge in [-0.25, -0.2) is 4.79 Å². The van der Waals surface area contributed by atoms with Gasteiger partial charge < -0.3 is 15.2 Å². The molecule has 1 aromatic rings. The second-order valence-corrected chi connectivity index (χ2v) is 4.87. The Kier molecular flexibility index (Phi) is 5.96. The van der Waals surface area contributed by atoms with E-state index < -0.39 is 11.9 Å². The number of amides is 1. The van der Waals surface area contributed by atoms with E-state index in [9.17, 15) is 9.59 Å². The standard InChI is InChI=1S/C16H21NO4/c1-5-10(2)21-14-8-6-7-13(9-14)17-15(18)11(3)12(4)16(19)20/h6-10H,5H2,1-4H3,(H,17,18)(H,19,20). The lowest BCUT2D eigenvalue weighted by molar-refractivity contribution is -0.133. The van der Waals surface area contributed by atoms with Crippen molar-refractivity contribution in [1.82, 2.24) is 0 Å². The van der Waals surface area contributed by atoms with E-state index in [1.165, 1.54) is 13.8 Å². The van der Waals surface area contributed by atoms with Gasteiger partial charge in [0.2, 0.25) is 0 Å². The van der Waals surface area contributed by atoms with E-state index in [4.69, 9.17) is 9.84 Å². The number of carboxylic acids is 1. The zero-order valence-corrected chi connectivity index (χ0v) is 12.8. The van der Waals surface area contributed by atoms with Gasteiger partial charge in [0.25, 0.3) is 5.91 Å². The van der Waals surface area contributed by atoms with Crippen molar-refractivity contribution in [3.05, 3.63) is 35.4 Å². The predicted molar refractivity (Wildman–Crippen MR) is 81.5 cm³/mol. The van der Waals surface area contributed by atoms with Gasteiger partial charge in [-0.15, -0.1) is 0 Å². The largest absolute Gasteiger partial charge is 0.491 e. The molecule has 0 fully saturated rings. The Morgan fingerprint density at radius 2 is 1.95 bits per heavy atom. The summed E-state index contributed by atoms with van der Waals surface area (Å²) in [5.74, 6) is -0.870. The number of hydrogen-bond acceptors (Lipinski definition) is 3. The van der Waals surface area contributed by atoms with Crippen LogP contribution in [0.3, 0.4) is 0 Å². The van der Waals surface area contributed by atoms with Crippen molar-refractivity contribution in [2.24, 2.45) is 0 Å². The van der Waals surface area contributed by atoms with E-state index in [2.05, 4.69) is 5.32 Å². The Hall–Kier alpha value is -2.30. The topological polar surface area (TPSA) is 75.6 Å². The van der Waals surface area contributed by atoms with Gasteiger partial charge in [0.15, 0.2) is 0 Å². The summed E-state index contributed by atoms with van der Waals surface area (Å²) < 4.78 is 5.67. The quantitative estimate of drug-likeness (QED) is 0.789. The lowest BCUT2D eigenvalue weighted by Gasteiger charge is -2.14. The van der Waals surface area contributed by atoms with Gasteiger partial charge >= 0.3 is 5.97 Å². The molecule has 0 spiro atoms. The van der Waals surface area contributed by atoms with Crippen molar-refractivity contribution in [3.8, 4) is 5.75 Å². The van der Waals surface area contributed by atoms with Crippen molar-refractivity contribution in [1.29, 1.82) is 0 Å². The fraction of sp³-hybridized carbons (Fsp3) is 0.375. The molecule has 1 unspecified atom stereocenters. The smallest absolute Gasteiger partial charge is 0.331 e. The Morgan fingerprint density at radius 3 is 2.52 bits per heavy atom. The predicted octanol–water partition coefficient (Wildman–Crippen LogP) is 3.22. The highest BCUT2D eigenvalue weighted by molar-refractivity contribution is 6.08. The van der Waals surface area contributed by atoms with Gasteiger partial charge in [-0.2, -0.15) is 0 Å². The van der Waals surface area contributed by atoms with Crippen LogP contribution in [-0.2, 0) is 9.59 Å². The Labute approximate surface area is 124 Å². The molecule has 2 N–H and O–H groups in total. The van der Waals surface area contributed by atoms with Crippen LogP contribution in [0.4, 0.5) is 5.69 Å². The van der Waals surface area contributed by atoms with Crippen LogP contribution in [0.1, 0.15) is 34.1 Å². The number of anilines is 1. The van der Waals surface area contributed by atoms with Crippen LogP contribution in [0.25, 0.3) is 0 Å². The third-order valence-corrected chi connectivity index (χ3v) is 3.23. The fourth-order valence-corrected chi connectivity index (χ4v) is 1.52.